The largest absolute Gasteiger partial charge is 0.396 e. The van der Waals surface area contributed by atoms with Crippen molar-refractivity contribution in [2.75, 3.05) is 6.61 Å². The molecule has 0 aromatic heterocycles. The molecular formula is C19H36O. The Hall–Kier alpha value is -0.560. The number of hydrogen-bond acceptors (Lipinski definition) is 1. The third-order valence-corrected chi connectivity index (χ3v) is 3.58. The lowest BCUT2D eigenvalue weighted by molar-refractivity contribution is 0.285. The van der Waals surface area contributed by atoms with E-state index in [0.29, 0.717) is 6.61 Å². The van der Waals surface area contributed by atoms with Gasteiger partial charge < -0.3 is 5.11 Å². The van der Waals surface area contributed by atoms with Crippen molar-refractivity contribution in [3.63, 3.8) is 0 Å². The molecule has 1 N–H and O–H groups in total. The van der Waals surface area contributed by atoms with Gasteiger partial charge in [-0.15, -0.1) is 0 Å². The lowest BCUT2D eigenvalue weighted by Gasteiger charge is -1.98. The second-order valence-corrected chi connectivity index (χ2v) is 5.65. The predicted molar refractivity (Wildman–Crippen MR) is 91.1 cm³/mol. The standard InChI is InChI=1S/C19H36O/c1-2-3-4-5-6-7-8-9-10-11-12-13-14-15-16-17-18-19-20/h5-6,14-15,20H,2-4,7-13,16-19H2,1H3/b6-5-,15-14-. The Morgan fingerprint density at radius 1 is 0.550 bits per heavy atom. The first-order valence-corrected chi connectivity index (χ1v) is 8.82. The fourth-order valence-electron chi connectivity index (χ4n) is 2.22. The number of unbranched alkanes of at least 4 members (excludes halogenated alkanes) is 10. The maximum absolute atomic E-state index is 8.65. The van der Waals surface area contributed by atoms with Crippen LogP contribution in [0, 0.1) is 0 Å². The highest BCUT2D eigenvalue weighted by Crippen LogP contribution is 2.09. The van der Waals surface area contributed by atoms with E-state index in [-0.39, 0.29) is 0 Å². The summed E-state index contributed by atoms with van der Waals surface area (Å²) in [6.07, 6.45) is 25.8. The van der Waals surface area contributed by atoms with Crippen LogP contribution in [-0.4, -0.2) is 11.7 Å². The zero-order valence-corrected chi connectivity index (χ0v) is 13.7. The molecule has 20 heavy (non-hydrogen) atoms. The lowest BCUT2D eigenvalue weighted by Crippen LogP contribution is -1.80. The van der Waals surface area contributed by atoms with Crippen LogP contribution in [0.2, 0.25) is 0 Å². The molecule has 0 saturated carbocycles. The van der Waals surface area contributed by atoms with Gasteiger partial charge in [-0.25, -0.2) is 0 Å². The van der Waals surface area contributed by atoms with E-state index < -0.39 is 0 Å². The van der Waals surface area contributed by atoms with Gasteiger partial charge in [-0.2, -0.15) is 0 Å². The van der Waals surface area contributed by atoms with E-state index in [4.69, 9.17) is 5.11 Å². The summed E-state index contributed by atoms with van der Waals surface area (Å²) < 4.78 is 0. The molecule has 0 heterocycles. The third kappa shape index (κ3) is 17.4. The van der Waals surface area contributed by atoms with E-state index in [1.165, 1.54) is 64.2 Å². The molecule has 0 fully saturated rings. The van der Waals surface area contributed by atoms with Crippen molar-refractivity contribution < 1.29 is 5.11 Å². The molecule has 0 unspecified atom stereocenters. The lowest BCUT2D eigenvalue weighted by atomic mass is 10.1. The monoisotopic (exact) mass is 280 g/mol. The maximum Gasteiger partial charge on any atom is 0.0431 e. The van der Waals surface area contributed by atoms with E-state index >= 15 is 0 Å². The summed E-state index contributed by atoms with van der Waals surface area (Å²) in [6, 6.07) is 0. The number of allylic oxidation sites excluding steroid dienone is 4. The van der Waals surface area contributed by atoms with Gasteiger partial charge >= 0.3 is 0 Å². The van der Waals surface area contributed by atoms with Crippen molar-refractivity contribution in [3.05, 3.63) is 24.3 Å². The molecule has 0 aliphatic heterocycles. The summed E-state index contributed by atoms with van der Waals surface area (Å²) in [7, 11) is 0. The molecule has 0 rings (SSSR count). The quantitative estimate of drug-likeness (QED) is 0.280. The average molecular weight is 280 g/mol. The molecule has 1 nitrogen and oxygen atoms in total. The smallest absolute Gasteiger partial charge is 0.0431 e. The van der Waals surface area contributed by atoms with E-state index in [2.05, 4.69) is 31.2 Å². The molecule has 0 aliphatic carbocycles. The molecular weight excluding hydrogens is 244 g/mol. The van der Waals surface area contributed by atoms with Crippen molar-refractivity contribution in [1.82, 2.24) is 0 Å². The zero-order chi connectivity index (χ0) is 14.7. The maximum atomic E-state index is 8.65. The Morgan fingerprint density at radius 3 is 1.40 bits per heavy atom. The van der Waals surface area contributed by atoms with Crippen LogP contribution < -0.4 is 0 Å². The van der Waals surface area contributed by atoms with Gasteiger partial charge in [0.05, 0.1) is 0 Å². The van der Waals surface area contributed by atoms with Crippen LogP contribution in [0.4, 0.5) is 0 Å². The van der Waals surface area contributed by atoms with Crippen molar-refractivity contribution in [1.29, 1.82) is 0 Å². The van der Waals surface area contributed by atoms with Crippen LogP contribution >= 0.6 is 0 Å². The van der Waals surface area contributed by atoms with Gasteiger partial charge in [-0.1, -0.05) is 63.3 Å². The SMILES string of the molecule is CCCC/C=C\CCCCCCC/C=C\CCCCO. The molecule has 0 amide bonds. The second-order valence-electron chi connectivity index (χ2n) is 5.65. The van der Waals surface area contributed by atoms with Gasteiger partial charge in [0.25, 0.3) is 0 Å². The molecule has 0 aromatic carbocycles. The van der Waals surface area contributed by atoms with Gasteiger partial charge in [-0.3, -0.25) is 0 Å². The summed E-state index contributed by atoms with van der Waals surface area (Å²) in [5, 5.41) is 8.65. The minimum absolute atomic E-state index is 0.335. The van der Waals surface area contributed by atoms with E-state index in [9.17, 15) is 0 Å². The highest BCUT2D eigenvalue weighted by Gasteiger charge is 1.89. The van der Waals surface area contributed by atoms with Crippen molar-refractivity contribution >= 4 is 0 Å². The summed E-state index contributed by atoms with van der Waals surface area (Å²) >= 11 is 0. The molecule has 0 aromatic rings. The van der Waals surface area contributed by atoms with Gasteiger partial charge in [0, 0.05) is 6.61 Å². The minimum atomic E-state index is 0.335. The van der Waals surface area contributed by atoms with Gasteiger partial charge in [0.1, 0.15) is 0 Å². The number of hydrogen-bond donors (Lipinski definition) is 1. The molecule has 0 spiro atoms. The Bertz CT molecular complexity index is 218. The van der Waals surface area contributed by atoms with Gasteiger partial charge in [0.2, 0.25) is 0 Å². The first-order chi connectivity index (χ1) is 9.91. The van der Waals surface area contributed by atoms with Crippen molar-refractivity contribution in [3.8, 4) is 0 Å². The topological polar surface area (TPSA) is 20.2 Å². The molecule has 0 bridgehead atoms. The first-order valence-electron chi connectivity index (χ1n) is 8.82. The summed E-state index contributed by atoms with van der Waals surface area (Å²) in [6.45, 7) is 2.58. The molecule has 118 valence electrons. The fraction of sp³-hybridized carbons (Fsp3) is 0.789. The normalized spacial score (nSPS) is 11.9. The van der Waals surface area contributed by atoms with Crippen LogP contribution in [-0.2, 0) is 0 Å². The van der Waals surface area contributed by atoms with Crippen molar-refractivity contribution in [2.45, 2.75) is 90.4 Å². The third-order valence-electron chi connectivity index (χ3n) is 3.58. The molecule has 0 atom stereocenters. The Kier molecular flexibility index (Phi) is 17.9. The molecule has 0 saturated heterocycles. The number of aliphatic hydroxyl groups excluding tert-OH is 1. The van der Waals surface area contributed by atoms with E-state index in [1.807, 2.05) is 0 Å². The molecule has 1 heteroatoms. The summed E-state index contributed by atoms with van der Waals surface area (Å²) in [5.41, 5.74) is 0. The summed E-state index contributed by atoms with van der Waals surface area (Å²) in [4.78, 5) is 0. The van der Waals surface area contributed by atoms with Gasteiger partial charge in [0.15, 0.2) is 0 Å². The first kappa shape index (κ1) is 19.4. The predicted octanol–water partition coefficient (Wildman–Crippen LogP) is 6.18. The van der Waals surface area contributed by atoms with Crippen LogP contribution in [0.3, 0.4) is 0 Å². The minimum Gasteiger partial charge on any atom is -0.396 e. The second kappa shape index (κ2) is 18.4. The van der Waals surface area contributed by atoms with Crippen LogP contribution in [0.15, 0.2) is 24.3 Å². The van der Waals surface area contributed by atoms with Crippen molar-refractivity contribution in [2.24, 2.45) is 0 Å². The highest BCUT2D eigenvalue weighted by molar-refractivity contribution is 4.82. The molecule has 0 aliphatic rings. The van der Waals surface area contributed by atoms with Crippen LogP contribution in [0.25, 0.3) is 0 Å². The fourth-order valence-corrected chi connectivity index (χ4v) is 2.22. The van der Waals surface area contributed by atoms with Crippen LogP contribution in [0.5, 0.6) is 0 Å². The Balaban J connectivity index is 3.07. The van der Waals surface area contributed by atoms with Crippen LogP contribution in [0.1, 0.15) is 90.4 Å². The Morgan fingerprint density at radius 2 is 0.950 bits per heavy atom. The highest BCUT2D eigenvalue weighted by atomic mass is 16.2. The number of rotatable bonds is 15. The summed E-state index contributed by atoms with van der Waals surface area (Å²) in [5.74, 6) is 0. The molecule has 0 radical (unpaired) electrons. The average Bonchev–Trinajstić information content (AvgIpc) is 2.47. The zero-order valence-electron chi connectivity index (χ0n) is 13.7. The Labute approximate surface area is 127 Å². The van der Waals surface area contributed by atoms with E-state index in [0.717, 1.165) is 19.3 Å². The van der Waals surface area contributed by atoms with E-state index in [1.54, 1.807) is 0 Å². The van der Waals surface area contributed by atoms with Gasteiger partial charge in [-0.05, 0) is 51.4 Å². The number of aliphatic hydroxyl groups is 1.